The van der Waals surface area contributed by atoms with Gasteiger partial charge in [-0.25, -0.2) is 8.78 Å². The van der Waals surface area contributed by atoms with Gasteiger partial charge in [-0.1, -0.05) is 49.4 Å². The molecule has 0 saturated heterocycles. The maximum absolute atomic E-state index is 13.8. The summed E-state index contributed by atoms with van der Waals surface area (Å²) in [5.74, 6) is -1.76. The average molecular weight is 492 g/mol. The van der Waals surface area contributed by atoms with E-state index < -0.39 is 23.8 Å². The lowest BCUT2D eigenvalue weighted by Crippen LogP contribution is -2.48. The molecule has 3 N–H and O–H groups in total. The molecule has 0 bridgehead atoms. The lowest BCUT2D eigenvalue weighted by atomic mass is 10.00. The molecule has 4 rings (SSSR count). The summed E-state index contributed by atoms with van der Waals surface area (Å²) >= 11 is 0. The van der Waals surface area contributed by atoms with E-state index in [1.807, 2.05) is 48.0 Å². The predicted octanol–water partition coefficient (Wildman–Crippen LogP) is 4.51. The smallest absolute Gasteiger partial charge is 0.253 e. The second-order valence-corrected chi connectivity index (χ2v) is 9.10. The van der Waals surface area contributed by atoms with Crippen molar-refractivity contribution < 1.29 is 18.7 Å². The third-order valence-electron chi connectivity index (χ3n) is 6.38. The van der Waals surface area contributed by atoms with Crippen LogP contribution >= 0.6 is 0 Å². The normalized spacial score (nSPS) is 13.0. The van der Waals surface area contributed by atoms with Crippen LogP contribution < -0.4 is 10.6 Å². The SMILES string of the molecule is CCc1cccc(CNC[C@H](O)[C@H](Cc2cc(F)cc(F)c2)NC(=O)c2cn(C)c3ccccc23)c1. The van der Waals surface area contributed by atoms with Crippen molar-refractivity contribution in [1.29, 1.82) is 0 Å². The molecule has 1 aromatic heterocycles. The van der Waals surface area contributed by atoms with Gasteiger partial charge >= 0.3 is 0 Å². The number of carbonyl (C=O) groups excluding carboxylic acids is 1. The minimum atomic E-state index is -0.996. The summed E-state index contributed by atoms with van der Waals surface area (Å²) in [5.41, 5.74) is 4.04. The number of hydrogen-bond acceptors (Lipinski definition) is 3. The Balaban J connectivity index is 1.51. The number of aliphatic hydroxyl groups excluding tert-OH is 1. The first-order valence-corrected chi connectivity index (χ1v) is 12.1. The number of para-hydroxylation sites is 1. The van der Waals surface area contributed by atoms with Gasteiger partial charge in [0.05, 0.1) is 17.7 Å². The molecule has 3 aromatic carbocycles. The summed E-state index contributed by atoms with van der Waals surface area (Å²) in [5, 5.41) is 18.0. The van der Waals surface area contributed by atoms with Crippen LogP contribution in [0.5, 0.6) is 0 Å². The van der Waals surface area contributed by atoms with E-state index in [0.717, 1.165) is 29.0 Å². The van der Waals surface area contributed by atoms with E-state index in [4.69, 9.17) is 0 Å². The fraction of sp³-hybridized carbons (Fsp3) is 0.276. The number of aryl methyl sites for hydroxylation is 2. The molecule has 0 aliphatic carbocycles. The second kappa shape index (κ2) is 11.5. The zero-order valence-electron chi connectivity index (χ0n) is 20.5. The number of nitrogens with one attached hydrogen (secondary N) is 2. The first-order chi connectivity index (χ1) is 17.3. The zero-order valence-corrected chi connectivity index (χ0v) is 20.5. The van der Waals surface area contributed by atoms with E-state index in [-0.39, 0.29) is 18.9 Å². The van der Waals surface area contributed by atoms with Gasteiger partial charge in [-0.15, -0.1) is 0 Å². The Morgan fingerprint density at radius 2 is 1.69 bits per heavy atom. The van der Waals surface area contributed by atoms with Gasteiger partial charge in [0.2, 0.25) is 0 Å². The van der Waals surface area contributed by atoms with Gasteiger partial charge in [0.25, 0.3) is 5.91 Å². The van der Waals surface area contributed by atoms with E-state index in [2.05, 4.69) is 29.7 Å². The number of amides is 1. The van der Waals surface area contributed by atoms with E-state index >= 15 is 0 Å². The van der Waals surface area contributed by atoms with Crippen LogP contribution in [-0.2, 0) is 26.4 Å². The summed E-state index contributed by atoms with van der Waals surface area (Å²) in [6, 6.07) is 18.2. The van der Waals surface area contributed by atoms with Gasteiger partial charge in [-0.2, -0.15) is 0 Å². The van der Waals surface area contributed by atoms with Crippen LogP contribution in [0.3, 0.4) is 0 Å². The Morgan fingerprint density at radius 3 is 2.44 bits per heavy atom. The monoisotopic (exact) mass is 491 g/mol. The van der Waals surface area contributed by atoms with Gasteiger partial charge in [0, 0.05) is 43.3 Å². The lowest BCUT2D eigenvalue weighted by Gasteiger charge is -2.25. The molecule has 0 saturated carbocycles. The molecule has 188 valence electrons. The summed E-state index contributed by atoms with van der Waals surface area (Å²) < 4.78 is 29.5. The Morgan fingerprint density at radius 1 is 0.972 bits per heavy atom. The third-order valence-corrected chi connectivity index (χ3v) is 6.38. The van der Waals surface area contributed by atoms with Gasteiger partial charge in [0.1, 0.15) is 11.6 Å². The number of halogens is 2. The summed E-state index contributed by atoms with van der Waals surface area (Å²) in [4.78, 5) is 13.3. The van der Waals surface area contributed by atoms with E-state index in [1.54, 1.807) is 6.20 Å². The minimum absolute atomic E-state index is 0.0688. The fourth-order valence-electron chi connectivity index (χ4n) is 4.50. The van der Waals surface area contributed by atoms with Crippen molar-refractivity contribution in [2.75, 3.05) is 6.54 Å². The quantitative estimate of drug-likeness (QED) is 0.306. The van der Waals surface area contributed by atoms with Crippen LogP contribution in [0.2, 0.25) is 0 Å². The molecule has 7 heteroatoms. The highest BCUT2D eigenvalue weighted by atomic mass is 19.1. The molecular formula is C29H31F2N3O2. The highest BCUT2D eigenvalue weighted by Gasteiger charge is 2.24. The molecule has 4 aromatic rings. The molecule has 0 radical (unpaired) electrons. The van der Waals surface area contributed by atoms with Gasteiger partial charge in [-0.05, 0) is 47.7 Å². The Labute approximate surface area is 209 Å². The van der Waals surface area contributed by atoms with E-state index in [1.165, 1.54) is 17.7 Å². The molecule has 36 heavy (non-hydrogen) atoms. The third kappa shape index (κ3) is 6.17. The second-order valence-electron chi connectivity index (χ2n) is 9.10. The maximum atomic E-state index is 13.8. The lowest BCUT2D eigenvalue weighted by molar-refractivity contribution is 0.0831. The van der Waals surface area contributed by atoms with Crippen LogP contribution in [0.1, 0.15) is 34.0 Å². The number of hydrogen-bond donors (Lipinski definition) is 3. The predicted molar refractivity (Wildman–Crippen MR) is 138 cm³/mol. The first-order valence-electron chi connectivity index (χ1n) is 12.1. The van der Waals surface area contributed by atoms with Crippen molar-refractivity contribution in [1.82, 2.24) is 15.2 Å². The van der Waals surface area contributed by atoms with Crippen LogP contribution in [0, 0.1) is 11.6 Å². The minimum Gasteiger partial charge on any atom is -0.390 e. The highest BCUT2D eigenvalue weighted by molar-refractivity contribution is 6.07. The molecule has 2 atom stereocenters. The number of aromatic nitrogens is 1. The topological polar surface area (TPSA) is 66.3 Å². The van der Waals surface area contributed by atoms with E-state index in [9.17, 15) is 18.7 Å². The van der Waals surface area contributed by atoms with Gasteiger partial charge in [-0.3, -0.25) is 4.79 Å². The van der Waals surface area contributed by atoms with Crippen LogP contribution in [0.25, 0.3) is 10.9 Å². The highest BCUT2D eigenvalue weighted by Crippen LogP contribution is 2.21. The average Bonchev–Trinajstić information content (AvgIpc) is 3.20. The van der Waals surface area contributed by atoms with Crippen molar-refractivity contribution in [3.8, 4) is 0 Å². The van der Waals surface area contributed by atoms with E-state index in [0.29, 0.717) is 17.7 Å². The van der Waals surface area contributed by atoms with Crippen molar-refractivity contribution in [2.45, 2.75) is 38.5 Å². The van der Waals surface area contributed by atoms with Crippen molar-refractivity contribution in [3.63, 3.8) is 0 Å². The molecule has 0 aliphatic heterocycles. The van der Waals surface area contributed by atoms with Crippen LogP contribution in [-0.4, -0.2) is 34.3 Å². The number of rotatable bonds is 10. The van der Waals surface area contributed by atoms with Gasteiger partial charge < -0.3 is 20.3 Å². The van der Waals surface area contributed by atoms with Crippen molar-refractivity contribution in [3.05, 3.63) is 107 Å². The Hall–Kier alpha value is -3.55. The largest absolute Gasteiger partial charge is 0.390 e. The summed E-state index contributed by atoms with van der Waals surface area (Å²) in [6.07, 6.45) is 1.75. The molecule has 0 spiro atoms. The van der Waals surface area contributed by atoms with Crippen LogP contribution in [0.4, 0.5) is 8.78 Å². The molecular weight excluding hydrogens is 460 g/mol. The molecule has 5 nitrogen and oxygen atoms in total. The number of nitrogens with zero attached hydrogens (tertiary/aromatic N) is 1. The number of aliphatic hydroxyl groups is 1. The molecule has 0 aliphatic rings. The molecule has 1 heterocycles. The molecule has 1 amide bonds. The van der Waals surface area contributed by atoms with Crippen molar-refractivity contribution in [2.24, 2.45) is 7.05 Å². The number of fused-ring (bicyclic) bond motifs is 1. The molecule has 0 unspecified atom stereocenters. The Bertz CT molecular complexity index is 1330. The number of carbonyl (C=O) groups is 1. The van der Waals surface area contributed by atoms with Crippen molar-refractivity contribution >= 4 is 16.8 Å². The van der Waals surface area contributed by atoms with Crippen LogP contribution in [0.15, 0.2) is 72.9 Å². The first kappa shape index (κ1) is 25.5. The summed E-state index contributed by atoms with van der Waals surface area (Å²) in [7, 11) is 1.86. The fourth-order valence-corrected chi connectivity index (χ4v) is 4.50. The van der Waals surface area contributed by atoms with Gasteiger partial charge in [0.15, 0.2) is 0 Å². The number of benzene rings is 3. The molecule has 0 fully saturated rings. The Kier molecular flexibility index (Phi) is 8.13. The standard InChI is InChI=1S/C29H31F2N3O2/c1-3-19-7-6-8-20(11-19)16-32-17-28(35)26(14-21-12-22(30)15-23(31)13-21)33-29(36)25-18-34(2)27-10-5-4-9-24(25)27/h4-13,15,18,26,28,32,35H,3,14,16-17H2,1-2H3,(H,33,36)/t26-,28-/m0/s1. The maximum Gasteiger partial charge on any atom is 0.253 e. The summed E-state index contributed by atoms with van der Waals surface area (Å²) in [6.45, 7) is 2.83. The zero-order chi connectivity index (χ0) is 25.7.